The third-order valence-corrected chi connectivity index (χ3v) is 3.95. The van der Waals surface area contributed by atoms with Gasteiger partial charge >= 0.3 is 0 Å². The van der Waals surface area contributed by atoms with Gasteiger partial charge in [-0.15, -0.1) is 0 Å². The zero-order chi connectivity index (χ0) is 13.8. The first-order chi connectivity index (χ1) is 9.09. The van der Waals surface area contributed by atoms with Crippen molar-refractivity contribution in [1.29, 1.82) is 0 Å². The van der Waals surface area contributed by atoms with Crippen LogP contribution in [0.4, 0.5) is 5.69 Å². The smallest absolute Gasteiger partial charge is 0.176 e. The largest absolute Gasteiger partial charge is 0.302 e. The fraction of sp³-hybridized carbons (Fsp3) is 0.0714. The molecule has 98 valence electrons. The van der Waals surface area contributed by atoms with Crippen LogP contribution in [0.1, 0.15) is 11.1 Å². The molecule has 1 nitrogen and oxygen atoms in total. The highest BCUT2D eigenvalue weighted by molar-refractivity contribution is 9.10. The van der Waals surface area contributed by atoms with E-state index in [0.717, 1.165) is 15.7 Å². The second kappa shape index (κ2) is 6.71. The quantitative estimate of drug-likeness (QED) is 0.292. The molecule has 0 heterocycles. The number of alkyl halides is 1. The van der Waals surface area contributed by atoms with Gasteiger partial charge in [0.05, 0.1) is 0 Å². The van der Waals surface area contributed by atoms with Crippen molar-refractivity contribution in [2.75, 3.05) is 4.90 Å². The minimum Gasteiger partial charge on any atom is -0.302 e. The van der Waals surface area contributed by atoms with Gasteiger partial charge in [0.25, 0.3) is 0 Å². The fourth-order valence-electron chi connectivity index (χ4n) is 1.68. The lowest BCUT2D eigenvalue weighted by Gasteiger charge is -2.27. The molecule has 0 saturated carbocycles. The molecule has 2 aromatic rings. The average molecular weight is 375 g/mol. The Bertz CT molecular complexity index is 559. The predicted octanol–water partition coefficient (Wildman–Crippen LogP) is 5.72. The normalized spacial score (nSPS) is 11.9. The van der Waals surface area contributed by atoms with Gasteiger partial charge in [-0.1, -0.05) is 69.5 Å². The van der Waals surface area contributed by atoms with Gasteiger partial charge in [0.1, 0.15) is 5.50 Å². The Morgan fingerprint density at radius 3 is 2.16 bits per heavy atom. The number of benzene rings is 2. The van der Waals surface area contributed by atoms with Crippen LogP contribution in [0.3, 0.4) is 0 Å². The van der Waals surface area contributed by atoms with Crippen molar-refractivity contribution in [3.05, 3.63) is 64.6 Å². The lowest BCUT2D eigenvalue weighted by atomic mass is 10.2. The molecule has 0 aliphatic heterocycles. The zero-order valence-corrected chi connectivity index (χ0v) is 13.7. The fourth-order valence-corrected chi connectivity index (χ4v) is 2.82. The van der Waals surface area contributed by atoms with Crippen molar-refractivity contribution >= 4 is 61.5 Å². The van der Waals surface area contributed by atoms with Crippen molar-refractivity contribution in [2.45, 2.75) is 5.50 Å². The van der Waals surface area contributed by atoms with Gasteiger partial charge in [-0.25, -0.2) is 0 Å². The van der Waals surface area contributed by atoms with E-state index in [-0.39, 0.29) is 4.45 Å². The molecule has 2 aromatic carbocycles. The van der Waals surface area contributed by atoms with Crippen LogP contribution in [0.5, 0.6) is 0 Å². The molecule has 2 rings (SSSR count). The predicted molar refractivity (Wildman–Crippen MR) is 90.1 cm³/mol. The van der Waals surface area contributed by atoms with Gasteiger partial charge in [-0.2, -0.15) is 0 Å². The molecule has 0 bridgehead atoms. The summed E-state index contributed by atoms with van der Waals surface area (Å²) in [6.45, 7) is 0. The van der Waals surface area contributed by atoms with Gasteiger partial charge in [-0.3, -0.25) is 0 Å². The number of halogens is 3. The van der Waals surface area contributed by atoms with E-state index >= 15 is 0 Å². The molecule has 0 fully saturated rings. The molecule has 0 aliphatic carbocycles. The SMILES string of the molecule is S=C(Cl)N(c1ccc(Br)cc1)C(Cl)c1ccccc1. The standard InChI is InChI=1S/C14H10BrCl2NS/c15-11-6-8-12(9-7-11)18(14(17)19)13(16)10-4-2-1-3-5-10/h1-9,13H. The van der Waals surface area contributed by atoms with Crippen LogP contribution in [0, 0.1) is 0 Å². The van der Waals surface area contributed by atoms with E-state index < -0.39 is 5.50 Å². The maximum atomic E-state index is 6.48. The molecular weight excluding hydrogens is 365 g/mol. The highest BCUT2D eigenvalue weighted by atomic mass is 79.9. The first kappa shape index (κ1) is 14.8. The Hall–Kier alpha value is -0.610. The molecule has 1 atom stereocenters. The molecule has 19 heavy (non-hydrogen) atoms. The summed E-state index contributed by atoms with van der Waals surface area (Å²) in [4.78, 5) is 1.71. The summed E-state index contributed by atoms with van der Waals surface area (Å²) in [7, 11) is 0. The highest BCUT2D eigenvalue weighted by Crippen LogP contribution is 2.32. The van der Waals surface area contributed by atoms with Crippen LogP contribution in [0.2, 0.25) is 0 Å². The second-order valence-corrected chi connectivity index (χ2v) is 6.14. The Balaban J connectivity index is 2.36. The number of anilines is 1. The van der Waals surface area contributed by atoms with Crippen LogP contribution in [0.25, 0.3) is 0 Å². The van der Waals surface area contributed by atoms with Crippen molar-refractivity contribution < 1.29 is 0 Å². The van der Waals surface area contributed by atoms with Crippen LogP contribution >= 0.6 is 51.3 Å². The molecule has 1 unspecified atom stereocenters. The number of rotatable bonds is 3. The average Bonchev–Trinajstić information content (AvgIpc) is 2.42. The highest BCUT2D eigenvalue weighted by Gasteiger charge is 2.21. The maximum absolute atomic E-state index is 6.48. The molecular formula is C14H10BrCl2NS. The summed E-state index contributed by atoms with van der Waals surface area (Å²) < 4.78 is 1.20. The number of hydrogen-bond donors (Lipinski definition) is 0. The lowest BCUT2D eigenvalue weighted by Crippen LogP contribution is -2.27. The minimum atomic E-state index is -0.438. The Morgan fingerprint density at radius 1 is 1.05 bits per heavy atom. The third-order valence-electron chi connectivity index (χ3n) is 2.60. The summed E-state index contributed by atoms with van der Waals surface area (Å²) in [5.41, 5.74) is 1.36. The third kappa shape index (κ3) is 3.69. The molecule has 0 amide bonds. The number of hydrogen-bond acceptors (Lipinski definition) is 1. The number of nitrogens with zero attached hydrogens (tertiary/aromatic N) is 1. The van der Waals surface area contributed by atoms with Crippen molar-refractivity contribution in [1.82, 2.24) is 0 Å². The van der Waals surface area contributed by atoms with E-state index in [0.29, 0.717) is 0 Å². The number of thiocarbonyl (C=S) groups is 1. The van der Waals surface area contributed by atoms with E-state index in [1.165, 1.54) is 0 Å². The van der Waals surface area contributed by atoms with Gasteiger partial charge in [-0.05, 0) is 42.0 Å². The first-order valence-electron chi connectivity index (χ1n) is 5.53. The Kier molecular flexibility index (Phi) is 5.22. The molecule has 0 aromatic heterocycles. The molecule has 5 heteroatoms. The van der Waals surface area contributed by atoms with E-state index in [1.54, 1.807) is 4.90 Å². The van der Waals surface area contributed by atoms with Crippen molar-refractivity contribution in [3.8, 4) is 0 Å². The van der Waals surface area contributed by atoms with Crippen LogP contribution in [0.15, 0.2) is 59.1 Å². The monoisotopic (exact) mass is 373 g/mol. The van der Waals surface area contributed by atoms with E-state index in [1.807, 2.05) is 54.6 Å². The van der Waals surface area contributed by atoms with Gasteiger partial charge in [0.15, 0.2) is 4.45 Å². The molecule has 0 aliphatic rings. The first-order valence-corrected chi connectivity index (χ1v) is 7.54. The van der Waals surface area contributed by atoms with Crippen molar-refractivity contribution in [3.63, 3.8) is 0 Å². The van der Waals surface area contributed by atoms with Crippen molar-refractivity contribution in [2.24, 2.45) is 0 Å². The Morgan fingerprint density at radius 2 is 1.63 bits per heavy atom. The van der Waals surface area contributed by atoms with Gasteiger partial charge in [0.2, 0.25) is 0 Å². The molecule has 0 saturated heterocycles. The topological polar surface area (TPSA) is 3.24 Å². The van der Waals surface area contributed by atoms with Gasteiger partial charge < -0.3 is 4.90 Å². The summed E-state index contributed by atoms with van der Waals surface area (Å²) in [6.07, 6.45) is 0. The van der Waals surface area contributed by atoms with E-state index in [2.05, 4.69) is 15.9 Å². The minimum absolute atomic E-state index is 0.214. The maximum Gasteiger partial charge on any atom is 0.176 e. The summed E-state index contributed by atoms with van der Waals surface area (Å²) >= 11 is 21.0. The Labute approximate surface area is 136 Å². The molecule has 0 N–H and O–H groups in total. The second-order valence-electron chi connectivity index (χ2n) is 3.85. The van der Waals surface area contributed by atoms with E-state index in [4.69, 9.17) is 35.4 Å². The lowest BCUT2D eigenvalue weighted by molar-refractivity contribution is 0.980. The summed E-state index contributed by atoms with van der Waals surface area (Å²) in [5.74, 6) is 0. The molecule has 0 radical (unpaired) electrons. The zero-order valence-electron chi connectivity index (χ0n) is 9.76. The van der Waals surface area contributed by atoms with Crippen LogP contribution < -0.4 is 4.90 Å². The van der Waals surface area contributed by atoms with Crippen LogP contribution in [-0.2, 0) is 0 Å². The summed E-state index contributed by atoms with van der Waals surface area (Å²) in [5, 5.41) is 0. The van der Waals surface area contributed by atoms with E-state index in [9.17, 15) is 0 Å². The van der Waals surface area contributed by atoms with Gasteiger partial charge in [0, 0.05) is 10.2 Å². The summed E-state index contributed by atoms with van der Waals surface area (Å²) in [6, 6.07) is 17.4. The van der Waals surface area contributed by atoms with Crippen LogP contribution in [-0.4, -0.2) is 4.45 Å². The molecule has 0 spiro atoms.